The highest BCUT2D eigenvalue weighted by atomic mass is 79.9. The van der Waals surface area contributed by atoms with Crippen LogP contribution < -0.4 is 24.3 Å². The largest absolute Gasteiger partial charge is 0.493 e. The lowest BCUT2D eigenvalue weighted by atomic mass is 10.1. The van der Waals surface area contributed by atoms with Crippen molar-refractivity contribution in [1.82, 2.24) is 5.32 Å². The number of carbonyl (C=O) groups excluding carboxylic acids is 1. The van der Waals surface area contributed by atoms with E-state index in [2.05, 4.69) is 21.2 Å². The molecule has 0 saturated carbocycles. The molecule has 0 unspecified atom stereocenters. The van der Waals surface area contributed by atoms with Crippen LogP contribution in [0.15, 0.2) is 34.8 Å². The van der Waals surface area contributed by atoms with E-state index in [9.17, 15) is 4.79 Å². The second kappa shape index (κ2) is 8.31. The monoisotopic (exact) mass is 421 g/mol. The number of methoxy groups -OCH3 is 2. The number of fused-ring (bicyclic) bond motifs is 1. The van der Waals surface area contributed by atoms with Crippen molar-refractivity contribution in [2.75, 3.05) is 27.4 Å². The Morgan fingerprint density at radius 1 is 1.08 bits per heavy atom. The third-order valence-corrected chi connectivity index (χ3v) is 4.74. The van der Waals surface area contributed by atoms with Gasteiger partial charge in [-0.2, -0.15) is 0 Å². The number of carbonyl (C=O) groups is 1. The minimum atomic E-state index is -0.0900. The van der Waals surface area contributed by atoms with Crippen molar-refractivity contribution in [3.05, 3.63) is 45.9 Å². The zero-order valence-corrected chi connectivity index (χ0v) is 16.2. The maximum Gasteiger partial charge on any atom is 0.224 e. The van der Waals surface area contributed by atoms with Gasteiger partial charge in [0.05, 0.1) is 20.6 Å². The Bertz CT molecular complexity index is 809. The van der Waals surface area contributed by atoms with Crippen LogP contribution in [0.5, 0.6) is 23.0 Å². The third kappa shape index (κ3) is 4.22. The van der Waals surface area contributed by atoms with E-state index in [1.165, 1.54) is 0 Å². The Labute approximate surface area is 160 Å². The number of ether oxygens (including phenoxy) is 4. The molecule has 1 aliphatic rings. The summed E-state index contributed by atoms with van der Waals surface area (Å²) in [4.78, 5) is 12.3. The average Bonchev–Trinajstić information content (AvgIpc) is 2.67. The van der Waals surface area contributed by atoms with E-state index in [1.54, 1.807) is 26.4 Å². The minimum Gasteiger partial charge on any atom is -0.493 e. The van der Waals surface area contributed by atoms with Gasteiger partial charge in [-0.1, -0.05) is 22.0 Å². The van der Waals surface area contributed by atoms with Gasteiger partial charge in [0.2, 0.25) is 5.91 Å². The Balaban J connectivity index is 1.62. The van der Waals surface area contributed by atoms with Gasteiger partial charge >= 0.3 is 0 Å². The quantitative estimate of drug-likeness (QED) is 0.775. The molecule has 3 rings (SSSR count). The topological polar surface area (TPSA) is 66.0 Å². The Morgan fingerprint density at radius 2 is 1.77 bits per heavy atom. The molecule has 138 valence electrons. The number of hydrogen-bond donors (Lipinski definition) is 1. The highest BCUT2D eigenvalue weighted by Crippen LogP contribution is 2.33. The molecule has 2 aromatic carbocycles. The van der Waals surface area contributed by atoms with E-state index in [0.29, 0.717) is 37.0 Å². The van der Waals surface area contributed by atoms with Gasteiger partial charge in [-0.05, 0) is 35.4 Å². The van der Waals surface area contributed by atoms with Crippen molar-refractivity contribution in [2.24, 2.45) is 0 Å². The molecule has 1 heterocycles. The van der Waals surface area contributed by atoms with Gasteiger partial charge in [-0.25, -0.2) is 0 Å². The lowest BCUT2D eigenvalue weighted by molar-refractivity contribution is -0.120. The van der Waals surface area contributed by atoms with Crippen LogP contribution in [0.2, 0.25) is 0 Å². The lowest BCUT2D eigenvalue weighted by Gasteiger charge is -2.19. The maximum absolute atomic E-state index is 12.3. The smallest absolute Gasteiger partial charge is 0.224 e. The van der Waals surface area contributed by atoms with Crippen LogP contribution in [-0.4, -0.2) is 33.3 Å². The zero-order chi connectivity index (χ0) is 18.5. The number of amides is 1. The predicted molar refractivity (Wildman–Crippen MR) is 100 cm³/mol. The van der Waals surface area contributed by atoms with Gasteiger partial charge in [0.25, 0.3) is 0 Å². The van der Waals surface area contributed by atoms with E-state index in [0.717, 1.165) is 21.3 Å². The molecule has 26 heavy (non-hydrogen) atoms. The predicted octanol–water partition coefficient (Wildman–Crippen LogP) is 3.10. The normalized spacial score (nSPS) is 12.4. The van der Waals surface area contributed by atoms with Crippen molar-refractivity contribution in [3.8, 4) is 23.0 Å². The summed E-state index contributed by atoms with van der Waals surface area (Å²) in [5.74, 6) is 2.56. The maximum atomic E-state index is 12.3. The number of hydrogen-bond acceptors (Lipinski definition) is 5. The fourth-order valence-corrected chi connectivity index (χ4v) is 3.13. The first-order valence-electron chi connectivity index (χ1n) is 8.16. The molecule has 7 heteroatoms. The summed E-state index contributed by atoms with van der Waals surface area (Å²) in [6.07, 6.45) is 0.228. The zero-order valence-electron chi connectivity index (χ0n) is 14.6. The van der Waals surface area contributed by atoms with Gasteiger partial charge in [0.15, 0.2) is 23.0 Å². The fourth-order valence-electron chi connectivity index (χ4n) is 2.67. The van der Waals surface area contributed by atoms with Crippen LogP contribution in [0.3, 0.4) is 0 Å². The van der Waals surface area contributed by atoms with Crippen molar-refractivity contribution >= 4 is 21.8 Å². The van der Waals surface area contributed by atoms with Gasteiger partial charge < -0.3 is 24.3 Å². The minimum absolute atomic E-state index is 0.0900. The van der Waals surface area contributed by atoms with Crippen LogP contribution in [0.1, 0.15) is 11.1 Å². The number of benzene rings is 2. The summed E-state index contributed by atoms with van der Waals surface area (Å²) in [6.45, 7) is 1.51. The second-order valence-electron chi connectivity index (χ2n) is 5.73. The molecule has 0 fully saturated rings. The molecule has 0 spiro atoms. The van der Waals surface area contributed by atoms with E-state index >= 15 is 0 Å². The van der Waals surface area contributed by atoms with E-state index in [1.807, 2.05) is 18.2 Å². The third-order valence-electron chi connectivity index (χ3n) is 4.00. The van der Waals surface area contributed by atoms with Crippen molar-refractivity contribution < 1.29 is 23.7 Å². The Hall–Kier alpha value is -2.41. The number of nitrogens with one attached hydrogen (secondary N) is 1. The summed E-state index contributed by atoms with van der Waals surface area (Å²) >= 11 is 3.47. The molecule has 6 nitrogen and oxygen atoms in total. The summed E-state index contributed by atoms with van der Waals surface area (Å²) in [7, 11) is 3.14. The van der Waals surface area contributed by atoms with Gasteiger partial charge in [0.1, 0.15) is 13.2 Å². The highest BCUT2D eigenvalue weighted by molar-refractivity contribution is 9.10. The lowest BCUT2D eigenvalue weighted by Crippen LogP contribution is -2.25. The molecule has 1 aliphatic heterocycles. The molecular formula is C19H20BrNO5. The molecule has 1 N–H and O–H groups in total. The molecule has 0 aromatic heterocycles. The summed E-state index contributed by atoms with van der Waals surface area (Å²) in [5, 5.41) is 2.92. The molecule has 0 bridgehead atoms. The van der Waals surface area contributed by atoms with Crippen LogP contribution in [0.25, 0.3) is 0 Å². The first-order chi connectivity index (χ1) is 12.6. The first kappa shape index (κ1) is 18.4. The van der Waals surface area contributed by atoms with Crippen LogP contribution in [-0.2, 0) is 17.8 Å². The van der Waals surface area contributed by atoms with Crippen molar-refractivity contribution in [2.45, 2.75) is 13.0 Å². The average molecular weight is 422 g/mol. The molecule has 0 aliphatic carbocycles. The molecule has 0 radical (unpaired) electrons. The van der Waals surface area contributed by atoms with E-state index in [4.69, 9.17) is 18.9 Å². The molecule has 0 saturated heterocycles. The van der Waals surface area contributed by atoms with Crippen LogP contribution in [0.4, 0.5) is 0 Å². The van der Waals surface area contributed by atoms with Gasteiger partial charge in [0, 0.05) is 11.0 Å². The van der Waals surface area contributed by atoms with Crippen molar-refractivity contribution in [1.29, 1.82) is 0 Å². The highest BCUT2D eigenvalue weighted by Gasteiger charge is 2.14. The standard InChI is InChI=1S/C19H20BrNO5/c1-23-16-8-13(14(20)10-17(16)24-2)9-19(22)21-11-12-3-4-15-18(7-12)26-6-5-25-15/h3-4,7-8,10H,5-6,9,11H2,1-2H3,(H,21,22). The fraction of sp³-hybridized carbons (Fsp3) is 0.316. The molecular weight excluding hydrogens is 402 g/mol. The molecule has 0 atom stereocenters. The summed E-state index contributed by atoms with van der Waals surface area (Å²) in [6, 6.07) is 9.26. The molecule has 1 amide bonds. The van der Waals surface area contributed by atoms with Crippen LogP contribution >= 0.6 is 15.9 Å². The van der Waals surface area contributed by atoms with E-state index in [-0.39, 0.29) is 12.3 Å². The van der Waals surface area contributed by atoms with Gasteiger partial charge in [-0.15, -0.1) is 0 Å². The van der Waals surface area contributed by atoms with Crippen molar-refractivity contribution in [3.63, 3.8) is 0 Å². The van der Waals surface area contributed by atoms with E-state index < -0.39 is 0 Å². The number of halogens is 1. The molecule has 2 aromatic rings. The van der Waals surface area contributed by atoms with Crippen LogP contribution in [0, 0.1) is 0 Å². The number of rotatable bonds is 6. The SMILES string of the molecule is COc1cc(Br)c(CC(=O)NCc2ccc3c(c2)OCCO3)cc1OC. The Kier molecular flexibility index (Phi) is 5.88. The first-order valence-corrected chi connectivity index (χ1v) is 8.95. The van der Waals surface area contributed by atoms with Gasteiger partial charge in [-0.3, -0.25) is 4.79 Å². The summed E-state index contributed by atoms with van der Waals surface area (Å²) in [5.41, 5.74) is 1.77. The Morgan fingerprint density at radius 3 is 2.50 bits per heavy atom. The summed E-state index contributed by atoms with van der Waals surface area (Å²) < 4.78 is 22.4. The second-order valence-corrected chi connectivity index (χ2v) is 6.58.